The fourth-order valence-electron chi connectivity index (χ4n) is 3.76. The van der Waals surface area contributed by atoms with Crippen LogP contribution in [0.15, 0.2) is 29.9 Å². The Kier molecular flexibility index (Phi) is 4.69. The van der Waals surface area contributed by atoms with E-state index in [1.54, 1.807) is 22.2 Å². The maximum Gasteiger partial charge on any atom is 0.229 e. The van der Waals surface area contributed by atoms with E-state index in [0.717, 1.165) is 5.56 Å². The SMILES string of the molecule is Cc1ccc(C2(O)CCN(C(=O)C3CC(=O)N(c4nccs4)C3)CC2)nc1. The fraction of sp³-hybridized carbons (Fsp3) is 0.474. The van der Waals surface area contributed by atoms with Gasteiger partial charge in [-0.05, 0) is 31.4 Å². The van der Waals surface area contributed by atoms with Crippen molar-refractivity contribution in [2.24, 2.45) is 5.92 Å². The van der Waals surface area contributed by atoms with Crippen molar-refractivity contribution in [3.8, 4) is 0 Å². The Morgan fingerprint density at radius 1 is 1.30 bits per heavy atom. The molecule has 0 radical (unpaired) electrons. The molecule has 2 aromatic heterocycles. The molecule has 2 aromatic rings. The van der Waals surface area contributed by atoms with Gasteiger partial charge in [0.25, 0.3) is 0 Å². The van der Waals surface area contributed by atoms with Crippen LogP contribution in [-0.2, 0) is 15.2 Å². The van der Waals surface area contributed by atoms with Crippen molar-refractivity contribution < 1.29 is 14.7 Å². The third kappa shape index (κ3) is 3.46. The number of amides is 2. The van der Waals surface area contributed by atoms with Crippen molar-refractivity contribution in [2.45, 2.75) is 31.8 Å². The van der Waals surface area contributed by atoms with E-state index < -0.39 is 5.60 Å². The number of pyridine rings is 1. The van der Waals surface area contributed by atoms with E-state index in [1.807, 2.05) is 24.4 Å². The molecule has 0 aromatic carbocycles. The second-order valence-electron chi connectivity index (χ2n) is 7.30. The lowest BCUT2D eigenvalue weighted by molar-refractivity contribution is -0.140. The first kappa shape index (κ1) is 18.1. The minimum atomic E-state index is -0.997. The van der Waals surface area contributed by atoms with Gasteiger partial charge >= 0.3 is 0 Å². The van der Waals surface area contributed by atoms with Crippen LogP contribution >= 0.6 is 11.3 Å². The molecule has 0 saturated carbocycles. The quantitative estimate of drug-likeness (QED) is 0.868. The second-order valence-corrected chi connectivity index (χ2v) is 8.17. The molecule has 1 N–H and O–H groups in total. The van der Waals surface area contributed by atoms with E-state index in [0.29, 0.717) is 43.3 Å². The smallest absolute Gasteiger partial charge is 0.229 e. The van der Waals surface area contributed by atoms with Crippen LogP contribution in [0.2, 0.25) is 0 Å². The fourth-order valence-corrected chi connectivity index (χ4v) is 4.43. The molecule has 8 heteroatoms. The molecule has 2 saturated heterocycles. The maximum atomic E-state index is 12.9. The summed E-state index contributed by atoms with van der Waals surface area (Å²) in [7, 11) is 0. The molecule has 0 bridgehead atoms. The number of nitrogens with zero attached hydrogens (tertiary/aromatic N) is 4. The Morgan fingerprint density at radius 3 is 2.70 bits per heavy atom. The van der Waals surface area contributed by atoms with Gasteiger partial charge in [-0.15, -0.1) is 11.3 Å². The largest absolute Gasteiger partial charge is 0.383 e. The zero-order valence-electron chi connectivity index (χ0n) is 15.2. The molecule has 2 fully saturated rings. The minimum absolute atomic E-state index is 0.0127. The zero-order valence-corrected chi connectivity index (χ0v) is 16.0. The molecule has 2 aliphatic heterocycles. The van der Waals surface area contributed by atoms with Gasteiger partial charge in [0.1, 0.15) is 5.60 Å². The Labute approximate surface area is 161 Å². The number of piperidine rings is 1. The van der Waals surface area contributed by atoms with E-state index >= 15 is 0 Å². The van der Waals surface area contributed by atoms with E-state index in [1.165, 1.54) is 11.3 Å². The number of aliphatic hydroxyl groups is 1. The van der Waals surface area contributed by atoms with Crippen LogP contribution in [-0.4, -0.2) is 51.4 Å². The summed E-state index contributed by atoms with van der Waals surface area (Å²) in [6, 6.07) is 3.80. The van der Waals surface area contributed by atoms with Crippen LogP contribution in [0.1, 0.15) is 30.5 Å². The Morgan fingerprint density at radius 2 is 2.07 bits per heavy atom. The van der Waals surface area contributed by atoms with Crippen LogP contribution in [0.3, 0.4) is 0 Å². The van der Waals surface area contributed by atoms with Crippen molar-refractivity contribution in [1.82, 2.24) is 14.9 Å². The third-order valence-corrected chi connectivity index (χ3v) is 6.21. The minimum Gasteiger partial charge on any atom is -0.383 e. The van der Waals surface area contributed by atoms with Gasteiger partial charge in [0.2, 0.25) is 11.8 Å². The summed E-state index contributed by atoms with van der Waals surface area (Å²) < 4.78 is 0. The lowest BCUT2D eigenvalue weighted by atomic mass is 9.87. The van der Waals surface area contributed by atoms with Crippen LogP contribution < -0.4 is 4.90 Å². The summed E-state index contributed by atoms with van der Waals surface area (Å²) in [5, 5.41) is 13.4. The summed E-state index contributed by atoms with van der Waals surface area (Å²) in [4.78, 5) is 37.0. The molecule has 2 amide bonds. The molecule has 2 aliphatic rings. The van der Waals surface area contributed by atoms with Crippen LogP contribution in [0.5, 0.6) is 0 Å². The molecular weight excluding hydrogens is 364 g/mol. The highest BCUT2D eigenvalue weighted by molar-refractivity contribution is 7.13. The standard InChI is InChI=1S/C19H22N4O3S/c1-13-2-3-15(21-11-13)19(26)4-7-22(8-5-19)17(25)14-10-16(24)23(12-14)18-20-6-9-27-18/h2-3,6,9,11,14,26H,4-5,7-8,10,12H2,1H3. The van der Waals surface area contributed by atoms with Crippen molar-refractivity contribution in [2.75, 3.05) is 24.5 Å². The normalized spacial score (nSPS) is 22.3. The van der Waals surface area contributed by atoms with Gasteiger partial charge in [-0.2, -0.15) is 0 Å². The Bertz CT molecular complexity index is 829. The highest BCUT2D eigenvalue weighted by Gasteiger charge is 2.41. The van der Waals surface area contributed by atoms with E-state index in [9.17, 15) is 14.7 Å². The predicted octanol–water partition coefficient (Wildman–Crippen LogP) is 1.71. The molecule has 142 valence electrons. The molecule has 27 heavy (non-hydrogen) atoms. The molecule has 7 nitrogen and oxygen atoms in total. The number of rotatable bonds is 3. The molecule has 4 rings (SSSR count). The number of likely N-dealkylation sites (tertiary alicyclic amines) is 1. The Hall–Kier alpha value is -2.32. The summed E-state index contributed by atoms with van der Waals surface area (Å²) >= 11 is 1.40. The average Bonchev–Trinajstić information content (AvgIpc) is 3.31. The van der Waals surface area contributed by atoms with Crippen LogP contribution in [0.25, 0.3) is 0 Å². The van der Waals surface area contributed by atoms with Crippen LogP contribution in [0, 0.1) is 12.8 Å². The van der Waals surface area contributed by atoms with E-state index in [2.05, 4.69) is 9.97 Å². The van der Waals surface area contributed by atoms with Crippen molar-refractivity contribution >= 4 is 28.3 Å². The van der Waals surface area contributed by atoms with E-state index in [4.69, 9.17) is 0 Å². The first-order valence-corrected chi connectivity index (χ1v) is 9.98. The first-order chi connectivity index (χ1) is 13.0. The highest BCUT2D eigenvalue weighted by atomic mass is 32.1. The summed E-state index contributed by atoms with van der Waals surface area (Å²) in [6.45, 7) is 3.27. The number of carbonyl (C=O) groups is 2. The molecular formula is C19H22N4O3S. The number of aromatic nitrogens is 2. The predicted molar refractivity (Wildman–Crippen MR) is 101 cm³/mol. The lowest BCUT2D eigenvalue weighted by Crippen LogP contribution is -2.47. The number of anilines is 1. The van der Waals surface area contributed by atoms with Gasteiger partial charge < -0.3 is 10.0 Å². The summed E-state index contributed by atoms with van der Waals surface area (Å²) in [5.74, 6) is -0.410. The number of thiazole rings is 1. The Balaban J connectivity index is 1.39. The van der Waals surface area contributed by atoms with Gasteiger partial charge in [-0.3, -0.25) is 19.5 Å². The number of hydrogen-bond acceptors (Lipinski definition) is 6. The number of hydrogen-bond donors (Lipinski definition) is 1. The van der Waals surface area contributed by atoms with Gasteiger partial charge in [-0.25, -0.2) is 4.98 Å². The lowest BCUT2D eigenvalue weighted by Gasteiger charge is -2.38. The first-order valence-electron chi connectivity index (χ1n) is 9.10. The third-order valence-electron chi connectivity index (χ3n) is 5.41. The molecule has 4 heterocycles. The van der Waals surface area contributed by atoms with Crippen LogP contribution in [0.4, 0.5) is 5.13 Å². The monoisotopic (exact) mass is 386 g/mol. The maximum absolute atomic E-state index is 12.9. The van der Waals surface area contributed by atoms with Gasteiger partial charge in [-0.1, -0.05) is 6.07 Å². The van der Waals surface area contributed by atoms with Crippen molar-refractivity contribution in [1.29, 1.82) is 0 Å². The second kappa shape index (κ2) is 7.01. The highest BCUT2D eigenvalue weighted by Crippen LogP contribution is 2.33. The summed E-state index contributed by atoms with van der Waals surface area (Å²) in [6.07, 6.45) is 4.53. The zero-order chi connectivity index (χ0) is 19.0. The van der Waals surface area contributed by atoms with Gasteiger partial charge in [0.05, 0.1) is 11.6 Å². The van der Waals surface area contributed by atoms with Gasteiger partial charge in [0.15, 0.2) is 5.13 Å². The topological polar surface area (TPSA) is 86.6 Å². The van der Waals surface area contributed by atoms with E-state index in [-0.39, 0.29) is 24.2 Å². The number of carbonyl (C=O) groups excluding carboxylic acids is 2. The average molecular weight is 386 g/mol. The van der Waals surface area contributed by atoms with Gasteiger partial charge in [0, 0.05) is 43.8 Å². The summed E-state index contributed by atoms with van der Waals surface area (Å²) in [5.41, 5.74) is 0.708. The number of aryl methyl sites for hydroxylation is 1. The van der Waals surface area contributed by atoms with Crippen molar-refractivity contribution in [3.05, 3.63) is 41.2 Å². The molecule has 0 spiro atoms. The van der Waals surface area contributed by atoms with Crippen molar-refractivity contribution in [3.63, 3.8) is 0 Å². The molecule has 0 aliphatic carbocycles. The molecule has 1 unspecified atom stereocenters. The molecule has 1 atom stereocenters.